The SMILES string of the molecule is Cc1cc(OCC2CCNCC2)ccc1[N+](=O)[O-]. The van der Waals surface area contributed by atoms with Gasteiger partial charge in [-0.2, -0.15) is 0 Å². The van der Waals surface area contributed by atoms with E-state index in [9.17, 15) is 10.1 Å². The summed E-state index contributed by atoms with van der Waals surface area (Å²) >= 11 is 0. The third kappa shape index (κ3) is 3.20. The van der Waals surface area contributed by atoms with Crippen molar-refractivity contribution in [2.75, 3.05) is 19.7 Å². The summed E-state index contributed by atoms with van der Waals surface area (Å²) in [5.41, 5.74) is 0.784. The van der Waals surface area contributed by atoms with Crippen LogP contribution in [0.2, 0.25) is 0 Å². The summed E-state index contributed by atoms with van der Waals surface area (Å²) in [5, 5.41) is 14.0. The maximum Gasteiger partial charge on any atom is 0.272 e. The van der Waals surface area contributed by atoms with Crippen LogP contribution < -0.4 is 10.1 Å². The molecule has 0 aromatic heterocycles. The minimum atomic E-state index is -0.369. The van der Waals surface area contributed by atoms with E-state index in [-0.39, 0.29) is 10.6 Å². The molecule has 0 bridgehead atoms. The number of nitro groups is 1. The molecule has 18 heavy (non-hydrogen) atoms. The van der Waals surface area contributed by atoms with E-state index >= 15 is 0 Å². The largest absolute Gasteiger partial charge is 0.493 e. The number of hydrogen-bond donors (Lipinski definition) is 1. The van der Waals surface area contributed by atoms with E-state index in [1.807, 2.05) is 0 Å². The van der Waals surface area contributed by atoms with Gasteiger partial charge in [-0.25, -0.2) is 0 Å². The summed E-state index contributed by atoms with van der Waals surface area (Å²) in [4.78, 5) is 10.3. The highest BCUT2D eigenvalue weighted by atomic mass is 16.6. The van der Waals surface area contributed by atoms with Gasteiger partial charge in [-0.15, -0.1) is 0 Å². The van der Waals surface area contributed by atoms with Crippen LogP contribution in [0.3, 0.4) is 0 Å². The monoisotopic (exact) mass is 250 g/mol. The zero-order chi connectivity index (χ0) is 13.0. The molecule has 1 fully saturated rings. The van der Waals surface area contributed by atoms with Crippen molar-refractivity contribution in [1.82, 2.24) is 5.32 Å². The van der Waals surface area contributed by atoms with Crippen LogP contribution in [0.5, 0.6) is 5.75 Å². The van der Waals surface area contributed by atoms with Crippen LogP contribution >= 0.6 is 0 Å². The number of nitrogens with zero attached hydrogens (tertiary/aromatic N) is 1. The molecule has 1 aromatic carbocycles. The lowest BCUT2D eigenvalue weighted by Gasteiger charge is -2.22. The van der Waals surface area contributed by atoms with Gasteiger partial charge in [0.05, 0.1) is 11.5 Å². The summed E-state index contributed by atoms with van der Waals surface area (Å²) in [5.74, 6) is 1.30. The van der Waals surface area contributed by atoms with Crippen LogP contribution in [0.4, 0.5) is 5.69 Å². The number of rotatable bonds is 4. The van der Waals surface area contributed by atoms with E-state index in [2.05, 4.69) is 5.32 Å². The number of aryl methyl sites for hydroxylation is 1. The summed E-state index contributed by atoms with van der Waals surface area (Å²) in [6.07, 6.45) is 2.26. The van der Waals surface area contributed by atoms with E-state index in [0.29, 0.717) is 18.1 Å². The van der Waals surface area contributed by atoms with E-state index in [1.165, 1.54) is 6.07 Å². The highest BCUT2D eigenvalue weighted by Crippen LogP contribution is 2.24. The highest BCUT2D eigenvalue weighted by molar-refractivity contribution is 5.44. The molecule has 0 atom stereocenters. The van der Waals surface area contributed by atoms with Crippen LogP contribution in [0.25, 0.3) is 0 Å². The minimum absolute atomic E-state index is 0.143. The molecule has 1 saturated heterocycles. The molecule has 0 spiro atoms. The van der Waals surface area contributed by atoms with Gasteiger partial charge in [0, 0.05) is 11.6 Å². The van der Waals surface area contributed by atoms with Crippen molar-refractivity contribution in [3.05, 3.63) is 33.9 Å². The summed E-state index contributed by atoms with van der Waals surface area (Å²) in [6, 6.07) is 4.92. The number of hydrogen-bond acceptors (Lipinski definition) is 4. The number of nitro benzene ring substituents is 1. The average molecular weight is 250 g/mol. The van der Waals surface area contributed by atoms with Crippen LogP contribution in [0.1, 0.15) is 18.4 Å². The van der Waals surface area contributed by atoms with Gasteiger partial charge in [0.25, 0.3) is 5.69 Å². The van der Waals surface area contributed by atoms with Crippen LogP contribution in [0.15, 0.2) is 18.2 Å². The number of ether oxygens (including phenoxy) is 1. The second-order valence-corrected chi connectivity index (χ2v) is 4.71. The van der Waals surface area contributed by atoms with Crippen LogP contribution in [0, 0.1) is 23.0 Å². The quantitative estimate of drug-likeness (QED) is 0.657. The molecule has 1 aliphatic rings. The van der Waals surface area contributed by atoms with Crippen molar-refractivity contribution in [2.24, 2.45) is 5.92 Å². The molecule has 98 valence electrons. The first-order valence-corrected chi connectivity index (χ1v) is 6.25. The predicted molar refractivity (Wildman–Crippen MR) is 68.9 cm³/mol. The van der Waals surface area contributed by atoms with Gasteiger partial charge in [0.1, 0.15) is 5.75 Å². The Labute approximate surface area is 106 Å². The second-order valence-electron chi connectivity index (χ2n) is 4.71. The molecular formula is C13H18N2O3. The van der Waals surface area contributed by atoms with E-state index in [1.54, 1.807) is 19.1 Å². The summed E-state index contributed by atoms with van der Waals surface area (Å²) < 4.78 is 5.71. The van der Waals surface area contributed by atoms with Gasteiger partial charge in [0.2, 0.25) is 0 Å². The Hall–Kier alpha value is -1.62. The van der Waals surface area contributed by atoms with Gasteiger partial charge >= 0.3 is 0 Å². The molecule has 1 aliphatic heterocycles. The Morgan fingerprint density at radius 1 is 1.44 bits per heavy atom. The summed E-state index contributed by atoms with van der Waals surface area (Å²) in [7, 11) is 0. The van der Waals surface area contributed by atoms with Crippen LogP contribution in [-0.2, 0) is 0 Å². The van der Waals surface area contributed by atoms with Crippen molar-refractivity contribution < 1.29 is 9.66 Å². The Bertz CT molecular complexity index is 428. The first kappa shape index (κ1) is 12.8. The molecule has 0 amide bonds. The molecule has 5 nitrogen and oxygen atoms in total. The van der Waals surface area contributed by atoms with Gasteiger partial charge < -0.3 is 10.1 Å². The third-order valence-electron chi connectivity index (χ3n) is 3.31. The average Bonchev–Trinajstić information content (AvgIpc) is 2.37. The second kappa shape index (κ2) is 5.82. The first-order chi connectivity index (χ1) is 8.66. The molecule has 1 heterocycles. The predicted octanol–water partition coefficient (Wildman–Crippen LogP) is 2.28. The Balaban J connectivity index is 1.93. The fraction of sp³-hybridized carbons (Fsp3) is 0.538. The molecule has 0 unspecified atom stereocenters. The topological polar surface area (TPSA) is 64.4 Å². The maximum atomic E-state index is 10.7. The van der Waals surface area contributed by atoms with E-state index in [4.69, 9.17) is 4.74 Å². The molecule has 1 N–H and O–H groups in total. The Morgan fingerprint density at radius 2 is 2.17 bits per heavy atom. The molecule has 0 aliphatic carbocycles. The smallest absolute Gasteiger partial charge is 0.272 e. The van der Waals surface area contributed by atoms with E-state index in [0.717, 1.165) is 31.7 Å². The Morgan fingerprint density at radius 3 is 2.78 bits per heavy atom. The fourth-order valence-electron chi connectivity index (χ4n) is 2.19. The van der Waals surface area contributed by atoms with Gasteiger partial charge in [-0.05, 0) is 50.9 Å². The molecule has 0 radical (unpaired) electrons. The zero-order valence-corrected chi connectivity index (χ0v) is 10.5. The Kier molecular flexibility index (Phi) is 4.15. The fourth-order valence-corrected chi connectivity index (χ4v) is 2.19. The third-order valence-corrected chi connectivity index (χ3v) is 3.31. The molecular weight excluding hydrogens is 232 g/mol. The normalized spacial score (nSPS) is 16.5. The zero-order valence-electron chi connectivity index (χ0n) is 10.5. The lowest BCUT2D eigenvalue weighted by molar-refractivity contribution is -0.385. The van der Waals surface area contributed by atoms with Crippen molar-refractivity contribution in [2.45, 2.75) is 19.8 Å². The first-order valence-electron chi connectivity index (χ1n) is 6.25. The highest BCUT2D eigenvalue weighted by Gasteiger charge is 2.15. The molecule has 5 heteroatoms. The van der Waals surface area contributed by atoms with Crippen molar-refractivity contribution >= 4 is 5.69 Å². The standard InChI is InChI=1S/C13H18N2O3/c1-10-8-12(2-3-13(10)15(16)17)18-9-11-4-6-14-7-5-11/h2-3,8,11,14H,4-7,9H2,1H3. The molecule has 1 aromatic rings. The van der Waals surface area contributed by atoms with Gasteiger partial charge in [-0.3, -0.25) is 10.1 Å². The molecule has 2 rings (SSSR count). The lowest BCUT2D eigenvalue weighted by atomic mass is 9.99. The van der Waals surface area contributed by atoms with E-state index < -0.39 is 0 Å². The number of benzene rings is 1. The maximum absolute atomic E-state index is 10.7. The molecule has 0 saturated carbocycles. The number of nitrogens with one attached hydrogen (secondary N) is 1. The lowest BCUT2D eigenvalue weighted by Crippen LogP contribution is -2.30. The van der Waals surface area contributed by atoms with Crippen molar-refractivity contribution in [3.63, 3.8) is 0 Å². The number of piperidine rings is 1. The van der Waals surface area contributed by atoms with Crippen molar-refractivity contribution in [1.29, 1.82) is 0 Å². The van der Waals surface area contributed by atoms with Gasteiger partial charge in [0.15, 0.2) is 0 Å². The van der Waals surface area contributed by atoms with Gasteiger partial charge in [-0.1, -0.05) is 0 Å². The van der Waals surface area contributed by atoms with Crippen molar-refractivity contribution in [3.8, 4) is 5.75 Å². The summed E-state index contributed by atoms with van der Waals surface area (Å²) in [6.45, 7) is 4.52. The minimum Gasteiger partial charge on any atom is -0.493 e. The van der Waals surface area contributed by atoms with Crippen LogP contribution in [-0.4, -0.2) is 24.6 Å².